The molecule has 19 heavy (non-hydrogen) atoms. The number of hydrogen-bond acceptors (Lipinski definition) is 3. The molecule has 0 aliphatic carbocycles. The van der Waals surface area contributed by atoms with Crippen molar-refractivity contribution in [3.63, 3.8) is 0 Å². The minimum absolute atomic E-state index is 0.728. The van der Waals surface area contributed by atoms with Crippen LogP contribution in [0.4, 0.5) is 0 Å². The van der Waals surface area contributed by atoms with Gasteiger partial charge < -0.3 is 5.32 Å². The van der Waals surface area contributed by atoms with Crippen LogP contribution in [0.5, 0.6) is 0 Å². The highest BCUT2D eigenvalue weighted by Crippen LogP contribution is 2.25. The number of rotatable bonds is 6. The molecule has 0 spiro atoms. The van der Waals surface area contributed by atoms with Crippen LogP contribution < -0.4 is 5.32 Å². The molecule has 1 atom stereocenters. The number of likely N-dealkylation sites (tertiary alicyclic amines) is 1. The van der Waals surface area contributed by atoms with E-state index in [2.05, 4.69) is 44.0 Å². The van der Waals surface area contributed by atoms with Crippen molar-refractivity contribution in [1.29, 1.82) is 0 Å². The van der Waals surface area contributed by atoms with Crippen molar-refractivity contribution in [2.24, 2.45) is 11.8 Å². The van der Waals surface area contributed by atoms with Gasteiger partial charge in [-0.05, 0) is 49.9 Å². The standard InChI is InChI=1S/C16H28N2S/c1-12(2)8-17-9-16-7-15(14(4)19-16)11-18-6-5-13(3)10-18/h7,12-13,17H,5-6,8-11H2,1-4H3. The van der Waals surface area contributed by atoms with Crippen LogP contribution in [0.15, 0.2) is 6.07 Å². The first-order valence-corrected chi connectivity index (χ1v) is 8.37. The maximum absolute atomic E-state index is 3.54. The molecule has 0 aromatic carbocycles. The largest absolute Gasteiger partial charge is 0.312 e. The van der Waals surface area contributed by atoms with E-state index in [0.717, 1.165) is 31.5 Å². The molecule has 1 aliphatic rings. The molecule has 2 heterocycles. The minimum Gasteiger partial charge on any atom is -0.312 e. The van der Waals surface area contributed by atoms with E-state index in [9.17, 15) is 0 Å². The second-order valence-electron chi connectivity index (χ2n) is 6.45. The Bertz CT molecular complexity index is 397. The van der Waals surface area contributed by atoms with Gasteiger partial charge in [0.15, 0.2) is 0 Å². The van der Waals surface area contributed by atoms with Crippen molar-refractivity contribution in [3.05, 3.63) is 21.4 Å². The van der Waals surface area contributed by atoms with Crippen LogP contribution >= 0.6 is 11.3 Å². The molecule has 0 amide bonds. The third-order valence-electron chi connectivity index (χ3n) is 3.83. The van der Waals surface area contributed by atoms with Gasteiger partial charge in [0, 0.05) is 29.4 Å². The number of aryl methyl sites for hydroxylation is 1. The molecule has 2 nitrogen and oxygen atoms in total. The molecule has 0 bridgehead atoms. The Morgan fingerprint density at radius 1 is 1.47 bits per heavy atom. The zero-order chi connectivity index (χ0) is 13.8. The van der Waals surface area contributed by atoms with Gasteiger partial charge in [-0.25, -0.2) is 0 Å². The van der Waals surface area contributed by atoms with Gasteiger partial charge in [0.25, 0.3) is 0 Å². The van der Waals surface area contributed by atoms with Crippen molar-refractivity contribution in [2.75, 3.05) is 19.6 Å². The first-order chi connectivity index (χ1) is 9.04. The molecule has 1 unspecified atom stereocenters. The molecule has 2 rings (SSSR count). The lowest BCUT2D eigenvalue weighted by molar-refractivity contribution is 0.320. The fourth-order valence-electron chi connectivity index (χ4n) is 2.73. The zero-order valence-corrected chi connectivity index (χ0v) is 13.6. The van der Waals surface area contributed by atoms with Gasteiger partial charge in [-0.3, -0.25) is 4.90 Å². The van der Waals surface area contributed by atoms with Gasteiger partial charge in [-0.2, -0.15) is 0 Å². The predicted molar refractivity (Wildman–Crippen MR) is 84.7 cm³/mol. The summed E-state index contributed by atoms with van der Waals surface area (Å²) >= 11 is 1.96. The summed E-state index contributed by atoms with van der Waals surface area (Å²) in [5.74, 6) is 1.61. The molecule has 1 aliphatic heterocycles. The van der Waals surface area contributed by atoms with Gasteiger partial charge in [-0.1, -0.05) is 20.8 Å². The molecule has 3 heteroatoms. The molecule has 0 saturated carbocycles. The Balaban J connectivity index is 1.86. The Labute approximate surface area is 122 Å². The minimum atomic E-state index is 0.728. The summed E-state index contributed by atoms with van der Waals surface area (Å²) in [7, 11) is 0. The fourth-order valence-corrected chi connectivity index (χ4v) is 3.75. The van der Waals surface area contributed by atoms with Gasteiger partial charge in [0.2, 0.25) is 0 Å². The van der Waals surface area contributed by atoms with Crippen LogP contribution in [-0.4, -0.2) is 24.5 Å². The van der Waals surface area contributed by atoms with E-state index in [1.54, 1.807) is 5.56 Å². The normalized spacial score (nSPS) is 20.6. The van der Waals surface area contributed by atoms with Crippen molar-refractivity contribution in [1.82, 2.24) is 10.2 Å². The smallest absolute Gasteiger partial charge is 0.0300 e. The summed E-state index contributed by atoms with van der Waals surface area (Å²) in [6.45, 7) is 15.0. The van der Waals surface area contributed by atoms with E-state index in [4.69, 9.17) is 0 Å². The third-order valence-corrected chi connectivity index (χ3v) is 4.92. The Kier molecular flexibility index (Phi) is 5.43. The molecular formula is C16H28N2S. The monoisotopic (exact) mass is 280 g/mol. The molecular weight excluding hydrogens is 252 g/mol. The number of nitrogens with one attached hydrogen (secondary N) is 1. The van der Waals surface area contributed by atoms with Gasteiger partial charge in [-0.15, -0.1) is 11.3 Å². The molecule has 0 radical (unpaired) electrons. The zero-order valence-electron chi connectivity index (χ0n) is 12.8. The average molecular weight is 280 g/mol. The maximum atomic E-state index is 3.54. The second kappa shape index (κ2) is 6.87. The summed E-state index contributed by atoms with van der Waals surface area (Å²) in [6.07, 6.45) is 1.37. The number of nitrogens with zero attached hydrogens (tertiary/aromatic N) is 1. The highest BCUT2D eigenvalue weighted by atomic mass is 32.1. The molecule has 1 aromatic heterocycles. The van der Waals surface area contributed by atoms with E-state index in [-0.39, 0.29) is 0 Å². The van der Waals surface area contributed by atoms with Crippen LogP contribution in [0.3, 0.4) is 0 Å². The lowest BCUT2D eigenvalue weighted by Gasteiger charge is -2.14. The maximum Gasteiger partial charge on any atom is 0.0300 e. The number of hydrogen-bond donors (Lipinski definition) is 1. The van der Waals surface area contributed by atoms with Crippen molar-refractivity contribution in [2.45, 2.75) is 47.2 Å². The summed E-state index contributed by atoms with van der Waals surface area (Å²) in [5, 5.41) is 3.54. The number of thiophene rings is 1. The van der Waals surface area contributed by atoms with Gasteiger partial charge >= 0.3 is 0 Å². The van der Waals surface area contributed by atoms with Crippen LogP contribution in [0, 0.1) is 18.8 Å². The van der Waals surface area contributed by atoms with Crippen LogP contribution in [0.2, 0.25) is 0 Å². The summed E-state index contributed by atoms with van der Waals surface area (Å²) < 4.78 is 0. The van der Waals surface area contributed by atoms with Gasteiger partial charge in [0.1, 0.15) is 0 Å². The van der Waals surface area contributed by atoms with E-state index in [0.29, 0.717) is 0 Å². The van der Waals surface area contributed by atoms with Crippen LogP contribution in [-0.2, 0) is 13.1 Å². The SMILES string of the molecule is Cc1sc(CNCC(C)C)cc1CN1CCC(C)C1. The third kappa shape index (κ3) is 4.59. The van der Waals surface area contributed by atoms with E-state index in [1.165, 1.54) is 29.3 Å². The van der Waals surface area contributed by atoms with E-state index >= 15 is 0 Å². The van der Waals surface area contributed by atoms with Crippen LogP contribution in [0.25, 0.3) is 0 Å². The first kappa shape index (κ1) is 15.0. The quantitative estimate of drug-likeness (QED) is 0.856. The Morgan fingerprint density at radius 3 is 2.89 bits per heavy atom. The molecule has 1 aromatic rings. The summed E-state index contributed by atoms with van der Waals surface area (Å²) in [4.78, 5) is 5.59. The lowest BCUT2D eigenvalue weighted by Crippen LogP contribution is -2.20. The molecule has 1 fully saturated rings. The van der Waals surface area contributed by atoms with Crippen LogP contribution in [0.1, 0.15) is 42.5 Å². The fraction of sp³-hybridized carbons (Fsp3) is 0.750. The van der Waals surface area contributed by atoms with Crippen molar-refractivity contribution >= 4 is 11.3 Å². The van der Waals surface area contributed by atoms with Gasteiger partial charge in [0.05, 0.1) is 0 Å². The Hall–Kier alpha value is -0.380. The van der Waals surface area contributed by atoms with E-state index in [1.807, 2.05) is 11.3 Å². The average Bonchev–Trinajstić information content (AvgIpc) is 2.87. The summed E-state index contributed by atoms with van der Waals surface area (Å²) in [6, 6.07) is 2.41. The predicted octanol–water partition coefficient (Wildman–Crippen LogP) is 3.64. The van der Waals surface area contributed by atoms with Crippen molar-refractivity contribution in [3.8, 4) is 0 Å². The molecule has 1 N–H and O–H groups in total. The van der Waals surface area contributed by atoms with Crippen molar-refractivity contribution < 1.29 is 0 Å². The highest BCUT2D eigenvalue weighted by molar-refractivity contribution is 7.12. The Morgan fingerprint density at radius 2 is 2.26 bits per heavy atom. The topological polar surface area (TPSA) is 15.3 Å². The lowest BCUT2D eigenvalue weighted by atomic mass is 10.2. The second-order valence-corrected chi connectivity index (χ2v) is 7.79. The van der Waals surface area contributed by atoms with E-state index < -0.39 is 0 Å². The summed E-state index contributed by atoms with van der Waals surface area (Å²) in [5.41, 5.74) is 1.54. The molecule has 108 valence electrons. The molecule has 1 saturated heterocycles. The highest BCUT2D eigenvalue weighted by Gasteiger charge is 2.19. The first-order valence-electron chi connectivity index (χ1n) is 7.56.